The molecule has 2 nitrogen and oxygen atoms in total. The number of allylic oxidation sites excluding steroid dienone is 1. The summed E-state index contributed by atoms with van der Waals surface area (Å²) in [6, 6.07) is 8.37. The minimum Gasteiger partial charge on any atom is -0.472 e. The molecule has 1 aromatic carbocycles. The van der Waals surface area contributed by atoms with Crippen LogP contribution in [0.2, 0.25) is 19.6 Å². The Kier molecular flexibility index (Phi) is 3.17. The lowest BCUT2D eigenvalue weighted by Gasteiger charge is -2.17. The molecule has 0 heterocycles. The highest BCUT2D eigenvalue weighted by Crippen LogP contribution is 2.25. The van der Waals surface area contributed by atoms with Crippen LogP contribution in [-0.2, 0) is 15.6 Å². The van der Waals surface area contributed by atoms with Crippen LogP contribution in [0, 0.1) is 0 Å². The fourth-order valence-electron chi connectivity index (χ4n) is 1.62. The molecule has 86 valence electrons. The minimum absolute atomic E-state index is 0.384. The number of benzene rings is 1. The van der Waals surface area contributed by atoms with Gasteiger partial charge in [-0.25, -0.2) is 0 Å². The van der Waals surface area contributed by atoms with Crippen LogP contribution in [0.1, 0.15) is 11.1 Å². The molecule has 2 rings (SSSR count). The molecular weight excluding hydrogens is 216 g/mol. The number of hydrogen-bond acceptors (Lipinski definition) is 2. The van der Waals surface area contributed by atoms with E-state index >= 15 is 0 Å². The second-order valence-corrected chi connectivity index (χ2v) is 9.52. The lowest BCUT2D eigenvalue weighted by atomic mass is 10.1. The van der Waals surface area contributed by atoms with Crippen LogP contribution in [0.15, 0.2) is 30.0 Å². The highest BCUT2D eigenvalue weighted by atomic mass is 28.4. The van der Waals surface area contributed by atoms with Crippen molar-refractivity contribution in [3.8, 4) is 0 Å². The normalized spacial score (nSPS) is 14.6. The Hall–Kier alpha value is -1.06. The fraction of sp³-hybridized carbons (Fsp3) is 0.385. The van der Waals surface area contributed by atoms with Gasteiger partial charge in [0, 0.05) is 6.42 Å². The molecule has 0 atom stereocenters. The summed E-state index contributed by atoms with van der Waals surface area (Å²) in [6.07, 6.45) is 2.99. The lowest BCUT2D eigenvalue weighted by molar-refractivity contribution is 0.0555. The minimum atomic E-state index is -1.46. The van der Waals surface area contributed by atoms with E-state index in [0.29, 0.717) is 6.79 Å². The molecule has 0 saturated carbocycles. The first-order chi connectivity index (χ1) is 7.54. The van der Waals surface area contributed by atoms with Gasteiger partial charge in [-0.15, -0.1) is 0 Å². The summed E-state index contributed by atoms with van der Waals surface area (Å²) in [5, 5.41) is 0. The molecule has 0 bridgehead atoms. The van der Waals surface area contributed by atoms with Crippen molar-refractivity contribution in [1.82, 2.24) is 0 Å². The highest BCUT2D eigenvalue weighted by molar-refractivity contribution is 6.69. The molecule has 16 heavy (non-hydrogen) atoms. The summed E-state index contributed by atoms with van der Waals surface area (Å²) in [6.45, 7) is 6.87. The molecule has 0 N–H and O–H groups in total. The van der Waals surface area contributed by atoms with Gasteiger partial charge < -0.3 is 9.16 Å². The van der Waals surface area contributed by atoms with Crippen molar-refractivity contribution in [3.05, 3.63) is 41.2 Å². The summed E-state index contributed by atoms with van der Waals surface area (Å²) in [5.74, 6) is 1.01. The van der Waals surface area contributed by atoms with Crippen LogP contribution in [0.25, 0.3) is 6.08 Å². The van der Waals surface area contributed by atoms with Crippen molar-refractivity contribution < 1.29 is 9.16 Å². The average Bonchev–Trinajstić information content (AvgIpc) is 2.57. The van der Waals surface area contributed by atoms with Crippen molar-refractivity contribution in [3.63, 3.8) is 0 Å². The van der Waals surface area contributed by atoms with Crippen molar-refractivity contribution in [2.75, 3.05) is 6.79 Å². The molecule has 0 amide bonds. The van der Waals surface area contributed by atoms with Crippen molar-refractivity contribution in [2.24, 2.45) is 0 Å². The molecule has 1 aromatic rings. The zero-order chi connectivity index (χ0) is 11.6. The molecule has 0 aromatic heterocycles. The maximum Gasteiger partial charge on any atom is 0.188 e. The van der Waals surface area contributed by atoms with E-state index in [9.17, 15) is 0 Å². The third-order valence-corrected chi connectivity index (χ3v) is 3.46. The highest BCUT2D eigenvalue weighted by Gasteiger charge is 2.16. The molecule has 1 aliphatic carbocycles. The van der Waals surface area contributed by atoms with Crippen molar-refractivity contribution in [1.29, 1.82) is 0 Å². The van der Waals surface area contributed by atoms with E-state index in [1.54, 1.807) is 0 Å². The smallest absolute Gasteiger partial charge is 0.188 e. The monoisotopic (exact) mass is 234 g/mol. The van der Waals surface area contributed by atoms with E-state index in [-0.39, 0.29) is 0 Å². The number of ether oxygens (including phenoxy) is 1. The van der Waals surface area contributed by atoms with Gasteiger partial charge in [-0.1, -0.05) is 24.3 Å². The van der Waals surface area contributed by atoms with Gasteiger partial charge in [0.05, 0.1) is 0 Å². The standard InChI is InChI=1S/C13H18O2Si/c1-16(2,3)15-10-14-13-8-11-6-4-5-7-12(11)9-13/h4-8H,9-10H2,1-3H3. The van der Waals surface area contributed by atoms with Gasteiger partial charge in [-0.3, -0.25) is 0 Å². The predicted molar refractivity (Wildman–Crippen MR) is 68.5 cm³/mol. The summed E-state index contributed by atoms with van der Waals surface area (Å²) in [5.41, 5.74) is 2.61. The Balaban J connectivity index is 1.87. The van der Waals surface area contributed by atoms with Crippen LogP contribution in [0.3, 0.4) is 0 Å². The lowest BCUT2D eigenvalue weighted by Crippen LogP contribution is -2.26. The van der Waals surface area contributed by atoms with E-state index < -0.39 is 8.32 Å². The number of hydrogen-bond donors (Lipinski definition) is 0. The number of rotatable bonds is 4. The second-order valence-electron chi connectivity index (χ2n) is 5.01. The van der Waals surface area contributed by atoms with Crippen LogP contribution < -0.4 is 0 Å². The van der Waals surface area contributed by atoms with E-state index in [1.807, 2.05) is 0 Å². The van der Waals surface area contributed by atoms with Crippen molar-refractivity contribution >= 4 is 14.4 Å². The van der Waals surface area contributed by atoms with E-state index in [0.717, 1.165) is 12.2 Å². The Labute approximate surface area is 98.0 Å². The third kappa shape index (κ3) is 2.96. The van der Waals surface area contributed by atoms with Crippen LogP contribution in [-0.4, -0.2) is 15.1 Å². The molecule has 0 fully saturated rings. The average molecular weight is 234 g/mol. The summed E-state index contributed by atoms with van der Waals surface area (Å²) >= 11 is 0. The quantitative estimate of drug-likeness (QED) is 0.587. The third-order valence-electron chi connectivity index (χ3n) is 2.47. The summed E-state index contributed by atoms with van der Waals surface area (Å²) in [7, 11) is -1.46. The van der Waals surface area contributed by atoms with Gasteiger partial charge >= 0.3 is 0 Å². The first-order valence-electron chi connectivity index (χ1n) is 5.60. The Morgan fingerprint density at radius 2 is 1.94 bits per heavy atom. The molecule has 0 saturated heterocycles. The molecular formula is C13H18O2Si. The zero-order valence-corrected chi connectivity index (χ0v) is 11.1. The molecule has 1 aliphatic rings. The van der Waals surface area contributed by atoms with Gasteiger partial charge in [0.1, 0.15) is 5.76 Å². The molecule has 0 spiro atoms. The fourth-order valence-corrected chi connectivity index (χ4v) is 2.04. The maximum absolute atomic E-state index is 5.67. The van der Waals surface area contributed by atoms with Crippen LogP contribution in [0.4, 0.5) is 0 Å². The van der Waals surface area contributed by atoms with E-state index in [1.165, 1.54) is 11.1 Å². The van der Waals surface area contributed by atoms with Gasteiger partial charge in [-0.2, -0.15) is 0 Å². The van der Waals surface area contributed by atoms with Crippen LogP contribution >= 0.6 is 0 Å². The Morgan fingerprint density at radius 1 is 1.19 bits per heavy atom. The summed E-state index contributed by atoms with van der Waals surface area (Å²) in [4.78, 5) is 0. The summed E-state index contributed by atoms with van der Waals surface area (Å²) < 4.78 is 11.3. The van der Waals surface area contributed by atoms with E-state index in [2.05, 4.69) is 50.0 Å². The largest absolute Gasteiger partial charge is 0.472 e. The Bertz CT molecular complexity index is 405. The van der Waals surface area contributed by atoms with E-state index in [4.69, 9.17) is 9.16 Å². The van der Waals surface area contributed by atoms with Crippen molar-refractivity contribution in [2.45, 2.75) is 26.1 Å². The predicted octanol–water partition coefficient (Wildman–Crippen LogP) is 3.41. The number of fused-ring (bicyclic) bond motifs is 1. The van der Waals surface area contributed by atoms with Gasteiger partial charge in [0.25, 0.3) is 0 Å². The Morgan fingerprint density at radius 3 is 2.62 bits per heavy atom. The van der Waals surface area contributed by atoms with Gasteiger partial charge in [0.2, 0.25) is 0 Å². The second kappa shape index (κ2) is 4.43. The first kappa shape index (κ1) is 11.4. The molecule has 0 unspecified atom stereocenters. The zero-order valence-electron chi connectivity index (χ0n) is 10.1. The molecule has 0 aliphatic heterocycles. The topological polar surface area (TPSA) is 18.5 Å². The first-order valence-corrected chi connectivity index (χ1v) is 9.01. The van der Waals surface area contributed by atoms with Gasteiger partial charge in [0.15, 0.2) is 15.1 Å². The maximum atomic E-state index is 5.67. The van der Waals surface area contributed by atoms with Gasteiger partial charge in [-0.05, 0) is 36.8 Å². The molecule has 3 heteroatoms. The SMILES string of the molecule is C[Si](C)(C)OCOC1=Cc2ccccc2C1. The van der Waals surface area contributed by atoms with Crippen LogP contribution in [0.5, 0.6) is 0 Å². The molecule has 0 radical (unpaired) electrons.